The van der Waals surface area contributed by atoms with Crippen molar-refractivity contribution in [1.82, 2.24) is 0 Å². The molecule has 0 amide bonds. The molecule has 21 heavy (non-hydrogen) atoms. The van der Waals surface area contributed by atoms with E-state index in [4.69, 9.17) is 5.11 Å². The topological polar surface area (TPSA) is 57.5 Å². The number of carboxylic acid groups (broad SMARTS) is 1. The van der Waals surface area contributed by atoms with Gasteiger partial charge in [0.2, 0.25) is 0 Å². The van der Waals surface area contributed by atoms with Crippen LogP contribution in [-0.4, -0.2) is 16.2 Å². The van der Waals surface area contributed by atoms with E-state index in [2.05, 4.69) is 20.8 Å². The second kappa shape index (κ2) is 5.70. The first-order chi connectivity index (χ1) is 9.82. The van der Waals surface area contributed by atoms with Crippen molar-refractivity contribution < 1.29 is 15.0 Å². The second-order valence-corrected chi connectivity index (χ2v) is 6.12. The van der Waals surface area contributed by atoms with E-state index in [-0.39, 0.29) is 5.41 Å². The van der Waals surface area contributed by atoms with Gasteiger partial charge < -0.3 is 10.2 Å². The van der Waals surface area contributed by atoms with Gasteiger partial charge in [-0.15, -0.1) is 0 Å². The third-order valence-corrected chi connectivity index (χ3v) is 3.51. The molecule has 0 aromatic heterocycles. The predicted octanol–water partition coefficient (Wildman–Crippen LogP) is 3.77. The molecule has 2 aromatic carbocycles. The zero-order valence-electron chi connectivity index (χ0n) is 12.5. The van der Waals surface area contributed by atoms with E-state index in [9.17, 15) is 9.90 Å². The minimum atomic E-state index is -1.52. The Bertz CT molecular complexity index is 654. The van der Waals surface area contributed by atoms with E-state index < -0.39 is 12.1 Å². The summed E-state index contributed by atoms with van der Waals surface area (Å²) in [6.07, 6.45) is -1.52. The van der Waals surface area contributed by atoms with Crippen molar-refractivity contribution in [3.05, 3.63) is 59.7 Å². The SMILES string of the molecule is CC(C)(C)c1ccccc1-c1ccccc1C(O)C(=O)O. The summed E-state index contributed by atoms with van der Waals surface area (Å²) in [5, 5.41) is 19.0. The van der Waals surface area contributed by atoms with Gasteiger partial charge in [-0.25, -0.2) is 4.79 Å². The van der Waals surface area contributed by atoms with Crippen LogP contribution in [0.2, 0.25) is 0 Å². The fourth-order valence-electron chi connectivity index (χ4n) is 2.49. The number of aliphatic hydroxyl groups excluding tert-OH is 1. The monoisotopic (exact) mass is 284 g/mol. The average Bonchev–Trinajstić information content (AvgIpc) is 2.45. The third-order valence-electron chi connectivity index (χ3n) is 3.51. The van der Waals surface area contributed by atoms with Crippen molar-refractivity contribution >= 4 is 5.97 Å². The predicted molar refractivity (Wildman–Crippen MR) is 83.2 cm³/mol. The molecule has 2 aromatic rings. The number of aliphatic hydroxyl groups is 1. The van der Waals surface area contributed by atoms with E-state index in [1.807, 2.05) is 36.4 Å². The molecule has 0 aliphatic heterocycles. The highest BCUT2D eigenvalue weighted by Crippen LogP contribution is 2.36. The van der Waals surface area contributed by atoms with Gasteiger partial charge in [0.15, 0.2) is 6.10 Å². The average molecular weight is 284 g/mol. The normalized spacial score (nSPS) is 13.0. The summed E-state index contributed by atoms with van der Waals surface area (Å²) >= 11 is 0. The molecule has 3 heteroatoms. The maximum absolute atomic E-state index is 11.1. The van der Waals surface area contributed by atoms with Gasteiger partial charge in [-0.3, -0.25) is 0 Å². The second-order valence-electron chi connectivity index (χ2n) is 6.12. The first-order valence-corrected chi connectivity index (χ1v) is 6.92. The van der Waals surface area contributed by atoms with Crippen LogP contribution in [0.5, 0.6) is 0 Å². The Hall–Kier alpha value is -2.13. The molecule has 0 aliphatic carbocycles. The Morgan fingerprint density at radius 3 is 2.05 bits per heavy atom. The molecule has 1 unspecified atom stereocenters. The zero-order chi connectivity index (χ0) is 15.6. The quantitative estimate of drug-likeness (QED) is 0.902. The molecule has 3 nitrogen and oxygen atoms in total. The minimum absolute atomic E-state index is 0.0715. The van der Waals surface area contributed by atoms with Crippen molar-refractivity contribution in [3.63, 3.8) is 0 Å². The van der Waals surface area contributed by atoms with Crippen molar-refractivity contribution in [3.8, 4) is 11.1 Å². The van der Waals surface area contributed by atoms with Crippen LogP contribution in [0.1, 0.15) is 38.0 Å². The Kier molecular flexibility index (Phi) is 4.14. The lowest BCUT2D eigenvalue weighted by molar-refractivity contribution is -0.146. The molecule has 0 fully saturated rings. The number of carboxylic acids is 1. The van der Waals surface area contributed by atoms with Crippen molar-refractivity contribution in [2.75, 3.05) is 0 Å². The molecule has 110 valence electrons. The van der Waals surface area contributed by atoms with E-state index in [0.717, 1.165) is 16.7 Å². The van der Waals surface area contributed by atoms with Crippen LogP contribution in [0.15, 0.2) is 48.5 Å². The van der Waals surface area contributed by atoms with Crippen LogP contribution in [-0.2, 0) is 10.2 Å². The number of aliphatic carboxylic acids is 1. The van der Waals surface area contributed by atoms with Crippen molar-refractivity contribution in [1.29, 1.82) is 0 Å². The Labute approximate surface area is 124 Å². The van der Waals surface area contributed by atoms with Gasteiger partial charge in [0, 0.05) is 0 Å². The molecule has 0 saturated heterocycles. The molecule has 1 atom stereocenters. The van der Waals surface area contributed by atoms with Gasteiger partial charge in [-0.2, -0.15) is 0 Å². The highest BCUT2D eigenvalue weighted by atomic mass is 16.4. The molecule has 0 heterocycles. The molecular weight excluding hydrogens is 264 g/mol. The molecule has 0 aliphatic rings. The molecule has 2 rings (SSSR count). The van der Waals surface area contributed by atoms with Crippen molar-refractivity contribution in [2.24, 2.45) is 0 Å². The fourth-order valence-corrected chi connectivity index (χ4v) is 2.49. The number of carbonyl (C=O) groups is 1. The molecule has 0 spiro atoms. The van der Waals surface area contributed by atoms with Crippen LogP contribution in [0.3, 0.4) is 0 Å². The standard InChI is InChI=1S/C18H20O3/c1-18(2,3)15-11-7-6-9-13(15)12-8-4-5-10-14(12)16(19)17(20)21/h4-11,16,19H,1-3H3,(H,20,21). The maximum Gasteiger partial charge on any atom is 0.337 e. The Balaban J connectivity index is 2.67. The van der Waals surface area contributed by atoms with Gasteiger partial charge >= 0.3 is 5.97 Å². The lowest BCUT2D eigenvalue weighted by Crippen LogP contribution is -2.15. The van der Waals surface area contributed by atoms with Gasteiger partial charge in [-0.1, -0.05) is 69.3 Å². The Morgan fingerprint density at radius 1 is 0.952 bits per heavy atom. The summed E-state index contributed by atoms with van der Waals surface area (Å²) in [5.74, 6) is -1.24. The van der Waals surface area contributed by atoms with E-state index in [0.29, 0.717) is 5.56 Å². The van der Waals surface area contributed by atoms with Crippen molar-refractivity contribution in [2.45, 2.75) is 32.3 Å². The maximum atomic E-state index is 11.1. The summed E-state index contributed by atoms with van der Waals surface area (Å²) < 4.78 is 0. The molecule has 0 saturated carbocycles. The Morgan fingerprint density at radius 2 is 1.48 bits per heavy atom. The number of benzene rings is 2. The van der Waals surface area contributed by atoms with Gasteiger partial charge in [0.25, 0.3) is 0 Å². The van der Waals surface area contributed by atoms with Gasteiger partial charge in [0.1, 0.15) is 0 Å². The molecule has 0 bridgehead atoms. The summed E-state index contributed by atoms with van der Waals surface area (Å²) in [6.45, 7) is 6.34. The lowest BCUT2D eigenvalue weighted by atomic mass is 9.80. The summed E-state index contributed by atoms with van der Waals surface area (Å²) in [7, 11) is 0. The summed E-state index contributed by atoms with van der Waals surface area (Å²) in [5.41, 5.74) is 3.19. The molecular formula is C18H20O3. The minimum Gasteiger partial charge on any atom is -0.479 e. The zero-order valence-corrected chi connectivity index (χ0v) is 12.5. The summed E-state index contributed by atoms with van der Waals surface area (Å²) in [4.78, 5) is 11.1. The van der Waals surface area contributed by atoms with Crippen LogP contribution in [0, 0.1) is 0 Å². The van der Waals surface area contributed by atoms with Gasteiger partial charge in [-0.05, 0) is 27.7 Å². The van der Waals surface area contributed by atoms with E-state index in [1.54, 1.807) is 12.1 Å². The largest absolute Gasteiger partial charge is 0.479 e. The number of hydrogen-bond acceptors (Lipinski definition) is 2. The lowest BCUT2D eigenvalue weighted by Gasteiger charge is -2.24. The number of rotatable bonds is 3. The van der Waals surface area contributed by atoms with Crippen LogP contribution < -0.4 is 0 Å². The first kappa shape index (κ1) is 15.3. The molecule has 2 N–H and O–H groups in total. The highest BCUT2D eigenvalue weighted by molar-refractivity contribution is 5.80. The summed E-state index contributed by atoms with van der Waals surface area (Å²) in [6, 6.07) is 15.0. The first-order valence-electron chi connectivity index (χ1n) is 6.92. The fraction of sp³-hybridized carbons (Fsp3) is 0.278. The van der Waals surface area contributed by atoms with Crippen LogP contribution in [0.25, 0.3) is 11.1 Å². The highest BCUT2D eigenvalue weighted by Gasteiger charge is 2.23. The van der Waals surface area contributed by atoms with Crippen LogP contribution >= 0.6 is 0 Å². The number of hydrogen-bond donors (Lipinski definition) is 2. The third kappa shape index (κ3) is 3.14. The van der Waals surface area contributed by atoms with Crippen LogP contribution in [0.4, 0.5) is 0 Å². The van der Waals surface area contributed by atoms with E-state index in [1.165, 1.54) is 0 Å². The van der Waals surface area contributed by atoms with E-state index >= 15 is 0 Å². The smallest absolute Gasteiger partial charge is 0.337 e. The molecule has 0 radical (unpaired) electrons. The van der Waals surface area contributed by atoms with Gasteiger partial charge in [0.05, 0.1) is 0 Å².